The van der Waals surface area contributed by atoms with Crippen molar-refractivity contribution in [3.63, 3.8) is 0 Å². The molecule has 1 aromatic heterocycles. The number of ether oxygens (including phenoxy) is 3. The highest BCUT2D eigenvalue weighted by Gasteiger charge is 2.11. The summed E-state index contributed by atoms with van der Waals surface area (Å²) < 4.78 is 18.7. The highest BCUT2D eigenvalue weighted by molar-refractivity contribution is 5.86. The standard InChI is InChI=1S/C19H21NO3/c1-21-19(22-2)13-20-12-11-16-17(20)9-6-10-18(16)23-14-15-7-4-3-5-8-15/h3-12,19H,13-14H2,1-2H3. The molecular formula is C19H21NO3. The molecule has 2 aromatic carbocycles. The summed E-state index contributed by atoms with van der Waals surface area (Å²) in [5.74, 6) is 0.886. The molecule has 0 aliphatic heterocycles. The van der Waals surface area contributed by atoms with Crippen LogP contribution in [0.2, 0.25) is 0 Å². The first kappa shape index (κ1) is 15.6. The number of benzene rings is 2. The largest absolute Gasteiger partial charge is 0.488 e. The minimum Gasteiger partial charge on any atom is -0.488 e. The normalized spacial score (nSPS) is 11.3. The number of rotatable bonds is 7. The van der Waals surface area contributed by atoms with E-state index in [1.54, 1.807) is 14.2 Å². The van der Waals surface area contributed by atoms with Crippen molar-refractivity contribution in [2.75, 3.05) is 14.2 Å². The van der Waals surface area contributed by atoms with Crippen LogP contribution in [0.5, 0.6) is 5.75 Å². The van der Waals surface area contributed by atoms with Gasteiger partial charge < -0.3 is 18.8 Å². The van der Waals surface area contributed by atoms with Crippen LogP contribution in [0.15, 0.2) is 60.8 Å². The summed E-state index contributed by atoms with van der Waals surface area (Å²) in [6.07, 6.45) is 1.77. The molecule has 4 heteroatoms. The summed E-state index contributed by atoms with van der Waals surface area (Å²) in [5, 5.41) is 1.09. The van der Waals surface area contributed by atoms with Crippen molar-refractivity contribution in [1.82, 2.24) is 4.57 Å². The molecule has 0 saturated heterocycles. The van der Waals surface area contributed by atoms with Gasteiger partial charge in [0.25, 0.3) is 0 Å². The van der Waals surface area contributed by atoms with Crippen molar-refractivity contribution in [3.8, 4) is 5.75 Å². The molecule has 0 N–H and O–H groups in total. The van der Waals surface area contributed by atoms with Gasteiger partial charge in [-0.3, -0.25) is 0 Å². The van der Waals surface area contributed by atoms with Gasteiger partial charge in [-0.05, 0) is 23.8 Å². The van der Waals surface area contributed by atoms with Crippen LogP contribution in [-0.4, -0.2) is 25.1 Å². The Morgan fingerprint density at radius 1 is 0.913 bits per heavy atom. The summed E-state index contributed by atoms with van der Waals surface area (Å²) in [7, 11) is 3.29. The van der Waals surface area contributed by atoms with Crippen LogP contribution in [0.4, 0.5) is 0 Å². The minimum atomic E-state index is -0.264. The molecule has 3 rings (SSSR count). The number of nitrogens with zero attached hydrogens (tertiary/aromatic N) is 1. The fraction of sp³-hybridized carbons (Fsp3) is 0.263. The summed E-state index contributed by atoms with van der Waals surface area (Å²) in [6, 6.07) is 18.3. The van der Waals surface area contributed by atoms with E-state index in [0.717, 1.165) is 22.2 Å². The zero-order chi connectivity index (χ0) is 16.1. The molecule has 0 atom stereocenters. The van der Waals surface area contributed by atoms with Crippen LogP contribution < -0.4 is 4.74 Å². The Labute approximate surface area is 136 Å². The summed E-state index contributed by atoms with van der Waals surface area (Å²) in [4.78, 5) is 0. The topological polar surface area (TPSA) is 32.6 Å². The van der Waals surface area contributed by atoms with Gasteiger partial charge in [0.15, 0.2) is 6.29 Å². The second-order valence-electron chi connectivity index (χ2n) is 5.33. The number of fused-ring (bicyclic) bond motifs is 1. The molecule has 0 radical (unpaired) electrons. The maximum atomic E-state index is 6.00. The van der Waals surface area contributed by atoms with Crippen LogP contribution in [-0.2, 0) is 22.6 Å². The van der Waals surface area contributed by atoms with Gasteiger partial charge in [0.1, 0.15) is 12.4 Å². The van der Waals surface area contributed by atoms with Gasteiger partial charge in [0.05, 0.1) is 12.1 Å². The van der Waals surface area contributed by atoms with E-state index in [4.69, 9.17) is 14.2 Å². The second kappa shape index (κ2) is 7.31. The number of hydrogen-bond acceptors (Lipinski definition) is 3. The van der Waals surface area contributed by atoms with E-state index in [1.165, 1.54) is 0 Å². The molecule has 0 fully saturated rings. The Morgan fingerprint density at radius 3 is 2.43 bits per heavy atom. The van der Waals surface area contributed by atoms with Crippen LogP contribution in [0.1, 0.15) is 5.56 Å². The Balaban J connectivity index is 1.81. The highest BCUT2D eigenvalue weighted by atomic mass is 16.7. The number of hydrogen-bond donors (Lipinski definition) is 0. The van der Waals surface area contributed by atoms with Crippen molar-refractivity contribution in [1.29, 1.82) is 0 Å². The monoisotopic (exact) mass is 311 g/mol. The maximum Gasteiger partial charge on any atom is 0.174 e. The molecule has 0 saturated carbocycles. The summed E-state index contributed by atoms with van der Waals surface area (Å²) >= 11 is 0. The molecule has 0 aliphatic rings. The second-order valence-corrected chi connectivity index (χ2v) is 5.33. The smallest absolute Gasteiger partial charge is 0.174 e. The first-order valence-corrected chi connectivity index (χ1v) is 7.62. The van der Waals surface area contributed by atoms with Gasteiger partial charge in [-0.25, -0.2) is 0 Å². The lowest BCUT2D eigenvalue weighted by Gasteiger charge is -2.15. The van der Waals surface area contributed by atoms with Crippen LogP contribution >= 0.6 is 0 Å². The highest BCUT2D eigenvalue weighted by Crippen LogP contribution is 2.27. The van der Waals surface area contributed by atoms with E-state index in [-0.39, 0.29) is 6.29 Å². The third kappa shape index (κ3) is 3.55. The van der Waals surface area contributed by atoms with Crippen LogP contribution in [0.25, 0.3) is 10.9 Å². The van der Waals surface area contributed by atoms with Crippen molar-refractivity contribution < 1.29 is 14.2 Å². The number of aromatic nitrogens is 1. The summed E-state index contributed by atoms with van der Waals surface area (Å²) in [6.45, 7) is 1.20. The molecule has 4 nitrogen and oxygen atoms in total. The first-order chi connectivity index (χ1) is 11.3. The molecule has 0 unspecified atom stereocenters. The van der Waals surface area contributed by atoms with Gasteiger partial charge in [-0.2, -0.15) is 0 Å². The van der Waals surface area contributed by atoms with E-state index in [9.17, 15) is 0 Å². The van der Waals surface area contributed by atoms with E-state index in [2.05, 4.69) is 28.8 Å². The predicted molar refractivity (Wildman–Crippen MR) is 90.5 cm³/mol. The van der Waals surface area contributed by atoms with Gasteiger partial charge in [0, 0.05) is 25.8 Å². The molecule has 23 heavy (non-hydrogen) atoms. The predicted octanol–water partition coefficient (Wildman–Crippen LogP) is 3.84. The van der Waals surface area contributed by atoms with Gasteiger partial charge >= 0.3 is 0 Å². The maximum absolute atomic E-state index is 6.00. The Morgan fingerprint density at radius 2 is 1.70 bits per heavy atom. The molecular weight excluding hydrogens is 290 g/mol. The van der Waals surface area contributed by atoms with E-state index in [0.29, 0.717) is 13.2 Å². The lowest BCUT2D eigenvalue weighted by atomic mass is 10.2. The number of methoxy groups -OCH3 is 2. The van der Waals surface area contributed by atoms with Crippen molar-refractivity contribution in [3.05, 3.63) is 66.4 Å². The third-order valence-corrected chi connectivity index (χ3v) is 3.88. The molecule has 120 valence electrons. The fourth-order valence-corrected chi connectivity index (χ4v) is 2.62. The SMILES string of the molecule is COC(Cn1ccc2c(OCc3ccccc3)cccc21)OC. The van der Waals surface area contributed by atoms with E-state index < -0.39 is 0 Å². The van der Waals surface area contributed by atoms with E-state index >= 15 is 0 Å². The molecule has 0 amide bonds. The third-order valence-electron chi connectivity index (χ3n) is 3.88. The van der Waals surface area contributed by atoms with Gasteiger partial charge in [0.2, 0.25) is 0 Å². The Hall–Kier alpha value is -2.30. The Bertz CT molecular complexity index is 748. The van der Waals surface area contributed by atoms with E-state index in [1.807, 2.05) is 36.5 Å². The van der Waals surface area contributed by atoms with Gasteiger partial charge in [-0.15, -0.1) is 0 Å². The fourth-order valence-electron chi connectivity index (χ4n) is 2.62. The molecule has 3 aromatic rings. The van der Waals surface area contributed by atoms with Gasteiger partial charge in [-0.1, -0.05) is 36.4 Å². The average molecular weight is 311 g/mol. The van der Waals surface area contributed by atoms with Crippen molar-refractivity contribution >= 4 is 10.9 Å². The molecule has 0 spiro atoms. The van der Waals surface area contributed by atoms with Crippen LogP contribution in [0, 0.1) is 0 Å². The minimum absolute atomic E-state index is 0.264. The van der Waals surface area contributed by atoms with Crippen LogP contribution in [0.3, 0.4) is 0 Å². The first-order valence-electron chi connectivity index (χ1n) is 7.62. The zero-order valence-corrected chi connectivity index (χ0v) is 13.4. The van der Waals surface area contributed by atoms with Crippen molar-refractivity contribution in [2.45, 2.75) is 19.4 Å². The Kier molecular flexibility index (Phi) is 4.95. The zero-order valence-electron chi connectivity index (χ0n) is 13.4. The quantitative estimate of drug-likeness (QED) is 0.622. The summed E-state index contributed by atoms with van der Waals surface area (Å²) in [5.41, 5.74) is 2.26. The van der Waals surface area contributed by atoms with Crippen molar-refractivity contribution in [2.24, 2.45) is 0 Å². The lowest BCUT2D eigenvalue weighted by Crippen LogP contribution is -2.19. The molecule has 0 bridgehead atoms. The molecule has 1 heterocycles. The molecule has 0 aliphatic carbocycles. The average Bonchev–Trinajstić information content (AvgIpc) is 3.02. The lowest BCUT2D eigenvalue weighted by molar-refractivity contribution is -0.110.